The van der Waals surface area contributed by atoms with Crippen molar-refractivity contribution in [3.8, 4) is 11.5 Å². The van der Waals surface area contributed by atoms with Gasteiger partial charge in [-0.2, -0.15) is 4.98 Å². The molecule has 1 aromatic carbocycles. The number of nitrogens with zero attached hydrogens (tertiary/aromatic N) is 2. The van der Waals surface area contributed by atoms with Crippen molar-refractivity contribution >= 4 is 28.3 Å². The van der Waals surface area contributed by atoms with Crippen molar-refractivity contribution in [2.75, 3.05) is 0 Å². The number of aromatic nitrogens is 2. The summed E-state index contributed by atoms with van der Waals surface area (Å²) in [5, 5.41) is 4.08. The first-order valence-corrected chi connectivity index (χ1v) is 7.27. The molecule has 20 heavy (non-hydrogen) atoms. The first-order chi connectivity index (χ1) is 9.08. The molecular formula is C14H17BrClN3O. The third-order valence-electron chi connectivity index (χ3n) is 3.77. The van der Waals surface area contributed by atoms with E-state index in [2.05, 4.69) is 26.1 Å². The molecule has 2 N–H and O–H groups in total. The number of nitrogens with two attached hydrogens (primary N) is 1. The van der Waals surface area contributed by atoms with Crippen molar-refractivity contribution in [2.45, 2.75) is 38.1 Å². The molecule has 0 saturated heterocycles. The lowest BCUT2D eigenvalue weighted by atomic mass is 9.98. The van der Waals surface area contributed by atoms with Crippen LogP contribution in [0.4, 0.5) is 0 Å². The number of halogens is 2. The zero-order valence-electron chi connectivity index (χ0n) is 11.2. The van der Waals surface area contributed by atoms with E-state index in [1.807, 2.05) is 25.1 Å². The van der Waals surface area contributed by atoms with Crippen LogP contribution < -0.4 is 5.73 Å². The van der Waals surface area contributed by atoms with Crippen LogP contribution in [0.25, 0.3) is 11.5 Å². The Labute approximate surface area is 132 Å². The zero-order chi connectivity index (χ0) is 13.5. The van der Waals surface area contributed by atoms with Crippen LogP contribution in [0.1, 0.15) is 37.1 Å². The molecule has 108 valence electrons. The van der Waals surface area contributed by atoms with Gasteiger partial charge in [-0.1, -0.05) is 33.9 Å². The molecule has 0 bridgehead atoms. The summed E-state index contributed by atoms with van der Waals surface area (Å²) in [4.78, 5) is 4.49. The fourth-order valence-electron chi connectivity index (χ4n) is 2.55. The molecule has 1 aliphatic rings. The first-order valence-electron chi connectivity index (χ1n) is 6.48. The number of hydrogen-bond donors (Lipinski definition) is 1. The minimum Gasteiger partial charge on any atom is -0.334 e. The smallest absolute Gasteiger partial charge is 0.258 e. The monoisotopic (exact) mass is 357 g/mol. The van der Waals surface area contributed by atoms with Gasteiger partial charge in [-0.15, -0.1) is 12.4 Å². The fraction of sp³-hybridized carbons (Fsp3) is 0.429. The van der Waals surface area contributed by atoms with Crippen molar-refractivity contribution < 1.29 is 4.52 Å². The highest BCUT2D eigenvalue weighted by Crippen LogP contribution is 2.35. The van der Waals surface area contributed by atoms with Crippen molar-refractivity contribution in [1.82, 2.24) is 10.1 Å². The topological polar surface area (TPSA) is 64.9 Å². The molecule has 0 unspecified atom stereocenters. The van der Waals surface area contributed by atoms with E-state index in [4.69, 9.17) is 10.3 Å². The highest BCUT2D eigenvalue weighted by atomic mass is 79.9. The molecule has 0 spiro atoms. The molecule has 6 heteroatoms. The van der Waals surface area contributed by atoms with Crippen LogP contribution in [-0.4, -0.2) is 10.1 Å². The lowest BCUT2D eigenvalue weighted by molar-refractivity contribution is 0.372. The van der Waals surface area contributed by atoms with Gasteiger partial charge in [0.2, 0.25) is 0 Å². The van der Waals surface area contributed by atoms with Gasteiger partial charge in [0.15, 0.2) is 5.82 Å². The second-order valence-electron chi connectivity index (χ2n) is 5.25. The van der Waals surface area contributed by atoms with Gasteiger partial charge in [0.25, 0.3) is 5.89 Å². The van der Waals surface area contributed by atoms with Gasteiger partial charge in [-0.05, 0) is 43.5 Å². The minimum absolute atomic E-state index is 0. The van der Waals surface area contributed by atoms with Crippen LogP contribution in [-0.2, 0) is 5.54 Å². The van der Waals surface area contributed by atoms with Crippen LogP contribution in [0.15, 0.2) is 27.2 Å². The number of aryl methyl sites for hydroxylation is 1. The van der Waals surface area contributed by atoms with Crippen molar-refractivity contribution in [2.24, 2.45) is 5.73 Å². The Hall–Kier alpha value is -0.910. The van der Waals surface area contributed by atoms with E-state index in [1.54, 1.807) is 0 Å². The molecule has 0 atom stereocenters. The molecule has 1 aliphatic carbocycles. The van der Waals surface area contributed by atoms with Crippen molar-refractivity contribution in [1.29, 1.82) is 0 Å². The predicted octanol–water partition coefficient (Wildman–Crippen LogP) is 3.96. The summed E-state index contributed by atoms with van der Waals surface area (Å²) in [6.07, 6.45) is 4.15. The van der Waals surface area contributed by atoms with Crippen LogP contribution >= 0.6 is 28.3 Å². The summed E-state index contributed by atoms with van der Waals surface area (Å²) >= 11 is 3.48. The summed E-state index contributed by atoms with van der Waals surface area (Å²) in [5.74, 6) is 1.18. The first kappa shape index (κ1) is 15.5. The van der Waals surface area contributed by atoms with Gasteiger partial charge in [0.1, 0.15) is 0 Å². The fourth-order valence-corrected chi connectivity index (χ4v) is 2.80. The Kier molecular flexibility index (Phi) is 4.52. The maximum absolute atomic E-state index is 6.33. The van der Waals surface area contributed by atoms with Gasteiger partial charge in [0.05, 0.1) is 5.54 Å². The molecule has 3 rings (SSSR count). The Morgan fingerprint density at radius 2 is 2.00 bits per heavy atom. The average molecular weight is 359 g/mol. The van der Waals surface area contributed by atoms with E-state index < -0.39 is 5.54 Å². The van der Waals surface area contributed by atoms with Crippen molar-refractivity contribution in [3.63, 3.8) is 0 Å². The van der Waals surface area contributed by atoms with Gasteiger partial charge in [-0.25, -0.2) is 0 Å². The lowest BCUT2D eigenvalue weighted by Gasteiger charge is -2.17. The SMILES string of the molecule is Cc1cc(-c2nc(C3(N)CCCC3)no2)ccc1Br.Cl. The number of hydrogen-bond acceptors (Lipinski definition) is 4. The molecule has 0 aliphatic heterocycles. The van der Waals surface area contributed by atoms with Gasteiger partial charge in [-0.3, -0.25) is 0 Å². The van der Waals surface area contributed by atoms with Crippen LogP contribution in [0.2, 0.25) is 0 Å². The normalized spacial score (nSPS) is 16.9. The Bertz CT molecular complexity index is 608. The third kappa shape index (κ3) is 2.75. The standard InChI is InChI=1S/C14H16BrN3O.ClH/c1-9-8-10(4-5-11(9)15)12-17-13(18-19-12)14(16)6-2-3-7-14;/h4-5,8H,2-3,6-7,16H2,1H3;1H. The summed E-state index contributed by atoms with van der Waals surface area (Å²) < 4.78 is 6.44. The Balaban J connectivity index is 0.00000147. The van der Waals surface area contributed by atoms with Crippen molar-refractivity contribution in [3.05, 3.63) is 34.1 Å². The quantitative estimate of drug-likeness (QED) is 0.882. The van der Waals surface area contributed by atoms with Gasteiger partial charge >= 0.3 is 0 Å². The minimum atomic E-state index is -0.397. The Morgan fingerprint density at radius 3 is 2.65 bits per heavy atom. The summed E-state index contributed by atoms with van der Waals surface area (Å²) in [6.45, 7) is 2.03. The molecule has 1 saturated carbocycles. The lowest BCUT2D eigenvalue weighted by Crippen LogP contribution is -2.34. The predicted molar refractivity (Wildman–Crippen MR) is 83.8 cm³/mol. The van der Waals surface area contributed by atoms with E-state index in [-0.39, 0.29) is 12.4 Å². The van der Waals surface area contributed by atoms with Crippen LogP contribution in [0.5, 0.6) is 0 Å². The highest BCUT2D eigenvalue weighted by Gasteiger charge is 2.36. The van der Waals surface area contributed by atoms with E-state index in [0.717, 1.165) is 41.3 Å². The van der Waals surface area contributed by atoms with Gasteiger partial charge < -0.3 is 10.3 Å². The maximum atomic E-state index is 6.33. The van der Waals surface area contributed by atoms with E-state index in [1.165, 1.54) is 0 Å². The second-order valence-corrected chi connectivity index (χ2v) is 6.10. The average Bonchev–Trinajstić information content (AvgIpc) is 3.02. The van der Waals surface area contributed by atoms with Gasteiger partial charge in [0, 0.05) is 10.0 Å². The van der Waals surface area contributed by atoms with E-state index in [0.29, 0.717) is 11.7 Å². The largest absolute Gasteiger partial charge is 0.334 e. The molecule has 4 nitrogen and oxygen atoms in total. The Morgan fingerprint density at radius 1 is 1.30 bits per heavy atom. The summed E-state index contributed by atoms with van der Waals surface area (Å²) in [5.41, 5.74) is 8.01. The molecule has 2 aromatic rings. The van der Waals surface area contributed by atoms with Crippen LogP contribution in [0, 0.1) is 6.92 Å². The second kappa shape index (κ2) is 5.84. The third-order valence-corrected chi connectivity index (χ3v) is 4.66. The summed E-state index contributed by atoms with van der Waals surface area (Å²) in [7, 11) is 0. The molecule has 0 amide bonds. The van der Waals surface area contributed by atoms with E-state index in [9.17, 15) is 0 Å². The molecule has 0 radical (unpaired) electrons. The number of benzene rings is 1. The van der Waals surface area contributed by atoms with E-state index >= 15 is 0 Å². The molecule has 1 aromatic heterocycles. The highest BCUT2D eigenvalue weighted by molar-refractivity contribution is 9.10. The molecule has 1 fully saturated rings. The summed E-state index contributed by atoms with van der Waals surface area (Å²) in [6, 6.07) is 5.98. The molecule has 1 heterocycles. The maximum Gasteiger partial charge on any atom is 0.258 e. The molecular weight excluding hydrogens is 342 g/mol. The number of rotatable bonds is 2. The zero-order valence-corrected chi connectivity index (χ0v) is 13.6. The van der Waals surface area contributed by atoms with Crippen LogP contribution in [0.3, 0.4) is 0 Å².